The van der Waals surface area contributed by atoms with Crippen molar-refractivity contribution in [2.75, 3.05) is 0 Å². The molecule has 8 heteroatoms. The molecular weight excluding hydrogens is 347 g/mol. The van der Waals surface area contributed by atoms with Crippen LogP contribution in [-0.2, 0) is 13.1 Å². The van der Waals surface area contributed by atoms with Gasteiger partial charge in [0.2, 0.25) is 0 Å². The summed E-state index contributed by atoms with van der Waals surface area (Å²) in [5.41, 5.74) is 1.13. The Hall–Kier alpha value is -3.16. The van der Waals surface area contributed by atoms with Gasteiger partial charge in [-0.1, -0.05) is 30.3 Å². The van der Waals surface area contributed by atoms with Gasteiger partial charge in [-0.15, -0.1) is 0 Å². The summed E-state index contributed by atoms with van der Waals surface area (Å²) in [5, 5.41) is 3.80. The number of Topliss-reactive ketones (excluding diaryl/α,β-unsaturated/α-hetero) is 1. The van der Waals surface area contributed by atoms with E-state index in [1.54, 1.807) is 35.0 Å². The lowest BCUT2D eigenvalue weighted by Gasteiger charge is -2.07. The Balaban J connectivity index is 1.68. The first kappa shape index (κ1) is 17.7. The zero-order valence-corrected chi connectivity index (χ0v) is 13.5. The number of aromatic nitrogens is 3. The molecule has 0 unspecified atom stereocenters. The molecule has 5 nitrogen and oxygen atoms in total. The molecule has 2 heterocycles. The van der Waals surface area contributed by atoms with Crippen LogP contribution in [0, 0.1) is 0 Å². The summed E-state index contributed by atoms with van der Waals surface area (Å²) in [5.74, 6) is -1.91. The van der Waals surface area contributed by atoms with Crippen molar-refractivity contribution in [3.63, 3.8) is 0 Å². The van der Waals surface area contributed by atoms with E-state index in [1.165, 1.54) is 10.7 Å². The van der Waals surface area contributed by atoms with Crippen molar-refractivity contribution in [1.29, 1.82) is 0 Å². The molecule has 0 bridgehead atoms. The van der Waals surface area contributed by atoms with Crippen LogP contribution in [0.2, 0.25) is 0 Å². The molecule has 0 saturated carbocycles. The smallest absolute Gasteiger partial charge is 0.311 e. The Labute approximate surface area is 146 Å². The quantitative estimate of drug-likeness (QED) is 0.657. The fourth-order valence-electron chi connectivity index (χ4n) is 2.46. The number of rotatable bonds is 5. The second-order valence-electron chi connectivity index (χ2n) is 5.74. The Morgan fingerprint density at radius 3 is 2.27 bits per heavy atom. The highest BCUT2D eigenvalue weighted by atomic mass is 19.4. The lowest BCUT2D eigenvalue weighted by Crippen LogP contribution is -2.22. The number of carbonyl (C=O) groups excluding carboxylic acids is 1. The SMILES string of the molecule is O=C(c1cnn(Cc2ccc(Cn3ccccc3=O)cc2)c1)C(F)(F)F. The zero-order chi connectivity index (χ0) is 18.7. The van der Waals surface area contributed by atoms with Gasteiger partial charge in [0.25, 0.3) is 11.3 Å². The average Bonchev–Trinajstić information content (AvgIpc) is 3.05. The Bertz CT molecular complexity index is 972. The van der Waals surface area contributed by atoms with E-state index < -0.39 is 17.5 Å². The first-order valence-electron chi connectivity index (χ1n) is 7.70. The molecule has 0 aliphatic carbocycles. The number of pyridine rings is 1. The standard InChI is InChI=1S/C18H14F3N3O2/c19-18(20,21)17(26)15-9-22-24(12-15)11-14-6-4-13(5-7-14)10-23-8-2-1-3-16(23)25/h1-9,12H,10-11H2. The summed E-state index contributed by atoms with van der Waals surface area (Å²) in [7, 11) is 0. The van der Waals surface area contributed by atoms with Crippen LogP contribution < -0.4 is 5.56 Å². The predicted molar refractivity (Wildman–Crippen MR) is 88.0 cm³/mol. The van der Waals surface area contributed by atoms with Gasteiger partial charge in [-0.2, -0.15) is 18.3 Å². The molecule has 3 aromatic rings. The third-order valence-electron chi connectivity index (χ3n) is 3.77. The molecule has 2 aromatic heterocycles. The van der Waals surface area contributed by atoms with Crippen molar-refractivity contribution < 1.29 is 18.0 Å². The van der Waals surface area contributed by atoms with E-state index in [-0.39, 0.29) is 12.1 Å². The first-order chi connectivity index (χ1) is 12.3. The third kappa shape index (κ3) is 4.08. The number of benzene rings is 1. The van der Waals surface area contributed by atoms with Crippen LogP contribution in [0.15, 0.2) is 65.8 Å². The highest BCUT2D eigenvalue weighted by molar-refractivity contribution is 5.99. The maximum absolute atomic E-state index is 12.4. The minimum Gasteiger partial charge on any atom is -0.311 e. The van der Waals surface area contributed by atoms with Crippen LogP contribution in [0.4, 0.5) is 13.2 Å². The molecule has 0 fully saturated rings. The van der Waals surface area contributed by atoms with Crippen molar-refractivity contribution in [2.24, 2.45) is 0 Å². The Morgan fingerprint density at radius 2 is 1.65 bits per heavy atom. The second-order valence-corrected chi connectivity index (χ2v) is 5.74. The number of carbonyl (C=O) groups is 1. The molecule has 0 spiro atoms. The van der Waals surface area contributed by atoms with Gasteiger partial charge in [0.1, 0.15) is 0 Å². The third-order valence-corrected chi connectivity index (χ3v) is 3.77. The van der Waals surface area contributed by atoms with Crippen molar-refractivity contribution in [3.8, 4) is 0 Å². The number of hydrogen-bond donors (Lipinski definition) is 0. The van der Waals surface area contributed by atoms with Gasteiger partial charge in [-0.05, 0) is 17.2 Å². The summed E-state index contributed by atoms with van der Waals surface area (Å²) < 4.78 is 40.1. The molecule has 134 valence electrons. The molecule has 0 aliphatic heterocycles. The number of alkyl halides is 3. The number of hydrogen-bond acceptors (Lipinski definition) is 3. The van der Waals surface area contributed by atoms with Crippen molar-refractivity contribution >= 4 is 5.78 Å². The normalized spacial score (nSPS) is 11.5. The van der Waals surface area contributed by atoms with Crippen molar-refractivity contribution in [2.45, 2.75) is 19.3 Å². The predicted octanol–water partition coefficient (Wildman–Crippen LogP) is 2.89. The molecule has 0 amide bonds. The number of halogens is 3. The maximum Gasteiger partial charge on any atom is 0.454 e. The van der Waals surface area contributed by atoms with Gasteiger partial charge in [-0.3, -0.25) is 14.3 Å². The van der Waals surface area contributed by atoms with E-state index >= 15 is 0 Å². The number of nitrogens with zero attached hydrogens (tertiary/aromatic N) is 3. The molecule has 0 atom stereocenters. The highest BCUT2D eigenvalue weighted by Crippen LogP contribution is 2.21. The molecule has 0 N–H and O–H groups in total. The fourth-order valence-corrected chi connectivity index (χ4v) is 2.46. The summed E-state index contributed by atoms with van der Waals surface area (Å²) >= 11 is 0. The van der Waals surface area contributed by atoms with E-state index in [0.29, 0.717) is 6.54 Å². The molecule has 0 radical (unpaired) electrons. The summed E-state index contributed by atoms with van der Waals surface area (Å²) in [6, 6.07) is 12.2. The van der Waals surface area contributed by atoms with E-state index in [0.717, 1.165) is 23.5 Å². The van der Waals surface area contributed by atoms with E-state index in [9.17, 15) is 22.8 Å². The fraction of sp³-hybridized carbons (Fsp3) is 0.167. The highest BCUT2D eigenvalue weighted by Gasteiger charge is 2.39. The topological polar surface area (TPSA) is 56.9 Å². The number of ketones is 1. The van der Waals surface area contributed by atoms with Gasteiger partial charge in [-0.25, -0.2) is 0 Å². The first-order valence-corrected chi connectivity index (χ1v) is 7.70. The minimum absolute atomic E-state index is 0.102. The molecule has 0 aliphatic rings. The van der Waals surface area contributed by atoms with Crippen molar-refractivity contribution in [3.05, 3.63) is 88.1 Å². The van der Waals surface area contributed by atoms with Crippen LogP contribution in [0.5, 0.6) is 0 Å². The zero-order valence-electron chi connectivity index (χ0n) is 13.5. The van der Waals surface area contributed by atoms with Crippen LogP contribution in [-0.4, -0.2) is 26.3 Å². The molecule has 26 heavy (non-hydrogen) atoms. The van der Waals surface area contributed by atoms with Gasteiger partial charge in [0.05, 0.1) is 24.8 Å². The lowest BCUT2D eigenvalue weighted by molar-refractivity contribution is -0.0885. The Morgan fingerprint density at radius 1 is 1.00 bits per heavy atom. The summed E-state index contributed by atoms with van der Waals surface area (Å²) in [4.78, 5) is 22.9. The largest absolute Gasteiger partial charge is 0.454 e. The van der Waals surface area contributed by atoms with Crippen molar-refractivity contribution in [1.82, 2.24) is 14.3 Å². The molecule has 3 rings (SSSR count). The van der Waals surface area contributed by atoms with E-state index in [2.05, 4.69) is 5.10 Å². The lowest BCUT2D eigenvalue weighted by atomic mass is 10.1. The van der Waals surface area contributed by atoms with E-state index in [4.69, 9.17) is 0 Å². The van der Waals surface area contributed by atoms with Gasteiger partial charge >= 0.3 is 6.18 Å². The van der Waals surface area contributed by atoms with Crippen LogP contribution in [0.1, 0.15) is 21.5 Å². The molecular formula is C18H14F3N3O2. The van der Waals surface area contributed by atoms with Gasteiger partial charge < -0.3 is 4.57 Å². The summed E-state index contributed by atoms with van der Waals surface area (Å²) in [6.45, 7) is 0.655. The summed E-state index contributed by atoms with van der Waals surface area (Å²) in [6.07, 6.45) is -1.23. The second kappa shape index (κ2) is 6.99. The Kier molecular flexibility index (Phi) is 4.75. The average molecular weight is 361 g/mol. The minimum atomic E-state index is -4.91. The van der Waals surface area contributed by atoms with Gasteiger partial charge in [0.15, 0.2) is 0 Å². The molecule has 1 aromatic carbocycles. The van der Waals surface area contributed by atoms with Crippen LogP contribution in [0.3, 0.4) is 0 Å². The van der Waals surface area contributed by atoms with Crippen LogP contribution in [0.25, 0.3) is 0 Å². The van der Waals surface area contributed by atoms with E-state index in [1.807, 2.05) is 12.1 Å². The monoisotopic (exact) mass is 361 g/mol. The van der Waals surface area contributed by atoms with Gasteiger partial charge in [0, 0.05) is 18.5 Å². The maximum atomic E-state index is 12.4. The van der Waals surface area contributed by atoms with Crippen LogP contribution >= 0.6 is 0 Å². The molecule has 0 saturated heterocycles.